The zero-order valence-electron chi connectivity index (χ0n) is 15.4. The highest BCUT2D eigenvalue weighted by Gasteiger charge is 2.30. The van der Waals surface area contributed by atoms with Crippen LogP contribution in [0.3, 0.4) is 0 Å². The van der Waals surface area contributed by atoms with Gasteiger partial charge in [0.2, 0.25) is 0 Å². The van der Waals surface area contributed by atoms with Crippen LogP contribution in [0.2, 0.25) is 0 Å². The molecule has 0 saturated heterocycles. The minimum Gasteiger partial charge on any atom is -0.350 e. The number of rotatable bonds is 6. The lowest BCUT2D eigenvalue weighted by Crippen LogP contribution is -2.29. The maximum atomic E-state index is 12.7. The molecule has 4 rings (SSSR count). The fourth-order valence-electron chi connectivity index (χ4n) is 3.93. The molecule has 2 N–H and O–H groups in total. The first-order valence-electron chi connectivity index (χ1n) is 10.1. The number of carbonyl (C=O) groups excluding carboxylic acids is 2. The molecule has 6 nitrogen and oxygen atoms in total. The lowest BCUT2D eigenvalue weighted by Gasteiger charge is -2.17. The fourth-order valence-corrected chi connectivity index (χ4v) is 3.93. The van der Waals surface area contributed by atoms with Crippen molar-refractivity contribution in [1.29, 1.82) is 0 Å². The van der Waals surface area contributed by atoms with Gasteiger partial charge < -0.3 is 15.2 Å². The molecule has 6 heteroatoms. The Balaban J connectivity index is 1.44. The van der Waals surface area contributed by atoms with Gasteiger partial charge in [0, 0.05) is 19.1 Å². The molecule has 1 fully saturated rings. The minimum absolute atomic E-state index is 0.137. The maximum absolute atomic E-state index is 12.7. The zero-order chi connectivity index (χ0) is 17.9. The van der Waals surface area contributed by atoms with Gasteiger partial charge in [-0.15, -0.1) is 0 Å². The number of hydrogen-bond donors (Lipinski definition) is 2. The van der Waals surface area contributed by atoms with E-state index in [1.807, 2.05) is 4.57 Å². The maximum Gasteiger partial charge on any atom is 0.287 e. The smallest absolute Gasteiger partial charge is 0.287 e. The minimum atomic E-state index is -0.141. The molecule has 0 unspecified atom stereocenters. The van der Waals surface area contributed by atoms with Crippen molar-refractivity contribution in [2.75, 3.05) is 6.54 Å². The number of nitrogens with zero attached hydrogens (tertiary/aromatic N) is 2. The summed E-state index contributed by atoms with van der Waals surface area (Å²) in [4.78, 5) is 29.6. The van der Waals surface area contributed by atoms with Crippen LogP contribution in [0.5, 0.6) is 0 Å². The number of carbonyl (C=O) groups is 2. The van der Waals surface area contributed by atoms with E-state index in [0.717, 1.165) is 63.6 Å². The van der Waals surface area contributed by atoms with E-state index in [4.69, 9.17) is 0 Å². The van der Waals surface area contributed by atoms with E-state index in [9.17, 15) is 9.59 Å². The van der Waals surface area contributed by atoms with Crippen LogP contribution in [0.15, 0.2) is 11.6 Å². The molecule has 0 atom stereocenters. The van der Waals surface area contributed by atoms with Gasteiger partial charge in [0.05, 0.1) is 5.69 Å². The molecule has 3 aliphatic rings. The molecule has 0 spiro atoms. The highest BCUT2D eigenvalue weighted by Crippen LogP contribution is 2.24. The van der Waals surface area contributed by atoms with Crippen molar-refractivity contribution >= 4 is 11.8 Å². The van der Waals surface area contributed by atoms with Crippen molar-refractivity contribution in [1.82, 2.24) is 20.2 Å². The molecule has 2 aliphatic carbocycles. The van der Waals surface area contributed by atoms with Crippen LogP contribution in [0.25, 0.3) is 0 Å². The van der Waals surface area contributed by atoms with E-state index in [1.54, 1.807) is 0 Å². The molecule has 1 aromatic rings. The molecule has 1 aliphatic heterocycles. The van der Waals surface area contributed by atoms with Gasteiger partial charge in [0.1, 0.15) is 5.69 Å². The van der Waals surface area contributed by atoms with Crippen molar-refractivity contribution in [3.8, 4) is 0 Å². The van der Waals surface area contributed by atoms with Crippen LogP contribution in [-0.2, 0) is 13.0 Å². The summed E-state index contributed by atoms with van der Waals surface area (Å²) in [6.07, 6.45) is 13.1. The second-order valence-electron chi connectivity index (χ2n) is 7.70. The molecule has 0 bridgehead atoms. The first kappa shape index (κ1) is 17.3. The van der Waals surface area contributed by atoms with Crippen molar-refractivity contribution in [2.45, 2.75) is 76.8 Å². The van der Waals surface area contributed by atoms with Crippen LogP contribution < -0.4 is 10.6 Å². The normalized spacial score (nSPS) is 19.5. The Morgan fingerprint density at radius 3 is 2.73 bits per heavy atom. The number of fused-ring (bicyclic) bond motifs is 1. The SMILES string of the molecule is O=C(NCCC1=CCCCC1)c1nc(C(=O)NC2CC2)n2c1CCCC2. The Hall–Kier alpha value is -2.11. The summed E-state index contributed by atoms with van der Waals surface area (Å²) in [5.41, 5.74) is 2.82. The van der Waals surface area contributed by atoms with E-state index in [2.05, 4.69) is 21.7 Å². The van der Waals surface area contributed by atoms with Crippen molar-refractivity contribution in [3.05, 3.63) is 28.9 Å². The molecule has 26 heavy (non-hydrogen) atoms. The predicted molar refractivity (Wildman–Crippen MR) is 99.2 cm³/mol. The number of hydrogen-bond acceptors (Lipinski definition) is 3. The quantitative estimate of drug-likeness (QED) is 0.770. The number of imidazole rings is 1. The lowest BCUT2D eigenvalue weighted by molar-refractivity contribution is 0.0935. The molecular weight excluding hydrogens is 328 g/mol. The van der Waals surface area contributed by atoms with Crippen LogP contribution >= 0.6 is 0 Å². The van der Waals surface area contributed by atoms with Gasteiger partial charge in [0.25, 0.3) is 11.8 Å². The second kappa shape index (κ2) is 7.64. The summed E-state index contributed by atoms with van der Waals surface area (Å²) in [6.45, 7) is 1.41. The summed E-state index contributed by atoms with van der Waals surface area (Å²) in [5.74, 6) is 0.131. The summed E-state index contributed by atoms with van der Waals surface area (Å²) >= 11 is 0. The van der Waals surface area contributed by atoms with E-state index < -0.39 is 0 Å². The van der Waals surface area contributed by atoms with Gasteiger partial charge in [-0.1, -0.05) is 11.6 Å². The first-order valence-corrected chi connectivity index (χ1v) is 10.1. The summed E-state index contributed by atoms with van der Waals surface area (Å²) in [6, 6.07) is 0.292. The number of amides is 2. The average molecular weight is 356 g/mol. The van der Waals surface area contributed by atoms with Crippen molar-refractivity contribution in [3.63, 3.8) is 0 Å². The summed E-state index contributed by atoms with van der Waals surface area (Å²) in [7, 11) is 0. The van der Waals surface area contributed by atoms with Gasteiger partial charge in [0.15, 0.2) is 5.82 Å². The second-order valence-corrected chi connectivity index (χ2v) is 7.70. The summed E-state index contributed by atoms with van der Waals surface area (Å²) < 4.78 is 1.96. The topological polar surface area (TPSA) is 76.0 Å². The van der Waals surface area contributed by atoms with Gasteiger partial charge in [-0.3, -0.25) is 9.59 Å². The van der Waals surface area contributed by atoms with E-state index >= 15 is 0 Å². The van der Waals surface area contributed by atoms with Gasteiger partial charge in [-0.05, 0) is 64.2 Å². The number of allylic oxidation sites excluding steroid dienone is 1. The molecule has 2 amide bonds. The third kappa shape index (κ3) is 3.84. The first-order chi connectivity index (χ1) is 12.7. The van der Waals surface area contributed by atoms with Crippen LogP contribution in [0.1, 0.15) is 84.6 Å². The molecule has 0 aromatic carbocycles. The van der Waals surface area contributed by atoms with Gasteiger partial charge in [-0.2, -0.15) is 0 Å². The van der Waals surface area contributed by atoms with Gasteiger partial charge >= 0.3 is 0 Å². The highest BCUT2D eigenvalue weighted by atomic mass is 16.2. The monoisotopic (exact) mass is 356 g/mol. The van der Waals surface area contributed by atoms with Crippen LogP contribution in [0.4, 0.5) is 0 Å². The molecule has 1 saturated carbocycles. The van der Waals surface area contributed by atoms with Crippen molar-refractivity contribution in [2.24, 2.45) is 0 Å². The Morgan fingerprint density at radius 1 is 1.12 bits per heavy atom. The molecule has 0 radical (unpaired) electrons. The Kier molecular flexibility index (Phi) is 5.09. The van der Waals surface area contributed by atoms with Crippen LogP contribution in [0, 0.1) is 0 Å². The van der Waals surface area contributed by atoms with Crippen LogP contribution in [-0.4, -0.2) is 34.0 Å². The molecule has 2 heterocycles. The van der Waals surface area contributed by atoms with E-state index in [1.165, 1.54) is 18.4 Å². The fraction of sp³-hybridized carbons (Fsp3) is 0.650. The third-order valence-electron chi connectivity index (χ3n) is 5.57. The molecule has 140 valence electrons. The number of nitrogens with one attached hydrogen (secondary N) is 2. The Morgan fingerprint density at radius 2 is 1.96 bits per heavy atom. The molecular formula is C20H28N4O2. The standard InChI is InChI=1S/C20H28N4O2/c25-19(21-12-11-14-6-2-1-3-7-14)17-16-8-4-5-13-24(16)18(23-17)20(26)22-15-9-10-15/h6,15H,1-5,7-13H2,(H,21,25)(H,22,26). The van der Waals surface area contributed by atoms with E-state index in [-0.39, 0.29) is 11.8 Å². The Bertz CT molecular complexity index is 730. The lowest BCUT2D eigenvalue weighted by atomic mass is 9.97. The largest absolute Gasteiger partial charge is 0.350 e. The zero-order valence-corrected chi connectivity index (χ0v) is 15.4. The Labute approximate surface area is 154 Å². The third-order valence-corrected chi connectivity index (χ3v) is 5.57. The molecule has 1 aromatic heterocycles. The predicted octanol–water partition coefficient (Wildman–Crippen LogP) is 2.73. The van der Waals surface area contributed by atoms with E-state index in [0.29, 0.717) is 24.1 Å². The van der Waals surface area contributed by atoms with Gasteiger partial charge in [-0.25, -0.2) is 4.98 Å². The van der Waals surface area contributed by atoms with Crippen molar-refractivity contribution < 1.29 is 9.59 Å². The summed E-state index contributed by atoms with van der Waals surface area (Å²) in [5, 5.41) is 6.01. The average Bonchev–Trinajstić information content (AvgIpc) is 3.39. The highest BCUT2D eigenvalue weighted by molar-refractivity contribution is 5.97. The number of aromatic nitrogens is 2.